The van der Waals surface area contributed by atoms with Gasteiger partial charge >= 0.3 is 0 Å². The average Bonchev–Trinajstić information content (AvgIpc) is 2.62. The van der Waals surface area contributed by atoms with Gasteiger partial charge in [-0.05, 0) is 31.1 Å². The molecule has 0 saturated carbocycles. The molecule has 3 unspecified atom stereocenters. The highest BCUT2D eigenvalue weighted by atomic mass is 32.2. The van der Waals surface area contributed by atoms with Gasteiger partial charge in [-0.15, -0.1) is 0 Å². The summed E-state index contributed by atoms with van der Waals surface area (Å²) in [6, 6.07) is 0.0811. The minimum atomic E-state index is -2.83. The molecule has 0 aliphatic carbocycles. The molecule has 3 atom stereocenters. The average molecular weight is 248 g/mol. The van der Waals surface area contributed by atoms with Crippen LogP contribution >= 0.6 is 0 Å². The van der Waals surface area contributed by atoms with Gasteiger partial charge in [0, 0.05) is 12.6 Å². The van der Waals surface area contributed by atoms with Gasteiger partial charge in [0.15, 0.2) is 9.84 Å². The van der Waals surface area contributed by atoms with Crippen LogP contribution in [0, 0.1) is 11.8 Å². The first-order chi connectivity index (χ1) is 7.62. The summed E-state index contributed by atoms with van der Waals surface area (Å²) in [6.07, 6.45) is 2.85. The summed E-state index contributed by atoms with van der Waals surface area (Å²) < 4.78 is 28.3. The van der Waals surface area contributed by atoms with Crippen LogP contribution in [0.25, 0.3) is 0 Å². The van der Waals surface area contributed by atoms with Gasteiger partial charge in [0.25, 0.3) is 0 Å². The van der Waals surface area contributed by atoms with E-state index >= 15 is 0 Å². The molecule has 0 aromatic carbocycles. The molecule has 2 aliphatic heterocycles. The minimum Gasteiger partial charge on any atom is -0.381 e. The largest absolute Gasteiger partial charge is 0.381 e. The third-order valence-corrected chi connectivity index (χ3v) is 5.47. The topological polar surface area (TPSA) is 81.4 Å². The maximum atomic E-state index is 11.4. The molecule has 2 saturated heterocycles. The van der Waals surface area contributed by atoms with Gasteiger partial charge in [-0.3, -0.25) is 11.3 Å². The quantitative estimate of drug-likeness (QED) is 0.528. The number of nitrogens with two attached hydrogens (primary N) is 1. The lowest BCUT2D eigenvalue weighted by molar-refractivity contribution is 0.0307. The smallest absolute Gasteiger partial charge is 0.150 e. The standard InChI is InChI=1S/C10H20N2O3S/c11-12-10(8-2-1-4-15-6-8)9-3-5-16(13,14)7-9/h8-10,12H,1-7,11H2. The second kappa shape index (κ2) is 5.00. The van der Waals surface area contributed by atoms with Gasteiger partial charge in [0.1, 0.15) is 0 Å². The minimum absolute atomic E-state index is 0.0811. The number of hydrogen-bond donors (Lipinski definition) is 2. The van der Waals surface area contributed by atoms with Crippen LogP contribution in [0.1, 0.15) is 19.3 Å². The van der Waals surface area contributed by atoms with Gasteiger partial charge in [0.05, 0.1) is 18.1 Å². The lowest BCUT2D eigenvalue weighted by atomic mass is 9.85. The Morgan fingerprint density at radius 1 is 1.31 bits per heavy atom. The lowest BCUT2D eigenvalue weighted by Gasteiger charge is -2.33. The first-order valence-corrected chi connectivity index (χ1v) is 7.69. The number of rotatable bonds is 3. The molecule has 3 N–H and O–H groups in total. The molecule has 6 heteroatoms. The van der Waals surface area contributed by atoms with E-state index in [1.54, 1.807) is 0 Å². The fourth-order valence-electron chi connectivity index (χ4n) is 2.81. The molecule has 2 fully saturated rings. The SMILES string of the molecule is NNC(C1CCCOC1)C1CCS(=O)(=O)C1. The molecule has 0 spiro atoms. The van der Waals surface area contributed by atoms with E-state index in [-0.39, 0.29) is 17.7 Å². The summed E-state index contributed by atoms with van der Waals surface area (Å²) >= 11 is 0. The molecule has 5 nitrogen and oxygen atoms in total. The van der Waals surface area contributed by atoms with Gasteiger partial charge in [-0.1, -0.05) is 0 Å². The third-order valence-electron chi connectivity index (χ3n) is 3.67. The van der Waals surface area contributed by atoms with Crippen LogP contribution in [0.4, 0.5) is 0 Å². The normalized spacial score (nSPS) is 36.1. The van der Waals surface area contributed by atoms with Crippen molar-refractivity contribution in [3.05, 3.63) is 0 Å². The highest BCUT2D eigenvalue weighted by molar-refractivity contribution is 7.91. The summed E-state index contributed by atoms with van der Waals surface area (Å²) in [5, 5.41) is 0. The fraction of sp³-hybridized carbons (Fsp3) is 1.00. The zero-order chi connectivity index (χ0) is 11.6. The van der Waals surface area contributed by atoms with E-state index in [4.69, 9.17) is 10.6 Å². The Balaban J connectivity index is 1.99. The van der Waals surface area contributed by atoms with Crippen molar-refractivity contribution < 1.29 is 13.2 Å². The molecular formula is C10H20N2O3S. The second-order valence-corrected chi connectivity index (χ2v) is 7.06. The van der Waals surface area contributed by atoms with Crippen LogP contribution in [0.5, 0.6) is 0 Å². The molecule has 0 radical (unpaired) electrons. The molecule has 0 aromatic rings. The summed E-state index contributed by atoms with van der Waals surface area (Å²) in [5.74, 6) is 6.67. The zero-order valence-corrected chi connectivity index (χ0v) is 10.2. The van der Waals surface area contributed by atoms with Crippen molar-refractivity contribution in [1.82, 2.24) is 5.43 Å². The van der Waals surface area contributed by atoms with Crippen molar-refractivity contribution in [2.24, 2.45) is 17.7 Å². The van der Waals surface area contributed by atoms with Crippen molar-refractivity contribution in [1.29, 1.82) is 0 Å². The van der Waals surface area contributed by atoms with Crippen molar-refractivity contribution in [2.75, 3.05) is 24.7 Å². The molecule has 0 amide bonds. The first kappa shape index (κ1) is 12.3. The molecule has 94 valence electrons. The highest BCUT2D eigenvalue weighted by Gasteiger charge is 2.37. The van der Waals surface area contributed by atoms with E-state index in [1.807, 2.05) is 0 Å². The number of ether oxygens (including phenoxy) is 1. The maximum absolute atomic E-state index is 11.4. The molecular weight excluding hydrogens is 228 g/mol. The van der Waals surface area contributed by atoms with Crippen LogP contribution in [-0.4, -0.2) is 39.2 Å². The number of nitrogens with one attached hydrogen (secondary N) is 1. The highest BCUT2D eigenvalue weighted by Crippen LogP contribution is 2.29. The van der Waals surface area contributed by atoms with Crippen LogP contribution in [0.2, 0.25) is 0 Å². The van der Waals surface area contributed by atoms with Gasteiger partial charge < -0.3 is 4.74 Å². The summed E-state index contributed by atoms with van der Waals surface area (Å²) in [5.41, 5.74) is 2.81. The van der Waals surface area contributed by atoms with E-state index in [1.165, 1.54) is 0 Å². The second-order valence-electron chi connectivity index (χ2n) is 4.83. The van der Waals surface area contributed by atoms with Gasteiger partial charge in [0.2, 0.25) is 0 Å². The van der Waals surface area contributed by atoms with E-state index < -0.39 is 9.84 Å². The van der Waals surface area contributed by atoms with Crippen molar-refractivity contribution in [3.8, 4) is 0 Å². The molecule has 2 rings (SSSR count). The monoisotopic (exact) mass is 248 g/mol. The van der Waals surface area contributed by atoms with E-state index in [2.05, 4.69) is 5.43 Å². The Morgan fingerprint density at radius 2 is 2.12 bits per heavy atom. The molecule has 0 bridgehead atoms. The molecule has 16 heavy (non-hydrogen) atoms. The summed E-state index contributed by atoms with van der Waals surface area (Å²) in [6.45, 7) is 1.52. The predicted molar refractivity (Wildman–Crippen MR) is 61.4 cm³/mol. The summed E-state index contributed by atoms with van der Waals surface area (Å²) in [7, 11) is -2.83. The van der Waals surface area contributed by atoms with E-state index in [9.17, 15) is 8.42 Å². The molecule has 2 aliphatic rings. The lowest BCUT2D eigenvalue weighted by Crippen LogP contribution is -2.49. The maximum Gasteiger partial charge on any atom is 0.150 e. The Hall–Kier alpha value is -0.170. The predicted octanol–water partition coefficient (Wildman–Crippen LogP) is -0.320. The van der Waals surface area contributed by atoms with Crippen molar-refractivity contribution >= 4 is 9.84 Å². The Morgan fingerprint density at radius 3 is 2.62 bits per heavy atom. The zero-order valence-electron chi connectivity index (χ0n) is 9.39. The Labute approximate surface area is 96.6 Å². The fourth-order valence-corrected chi connectivity index (χ4v) is 4.67. The summed E-state index contributed by atoms with van der Waals surface area (Å²) in [4.78, 5) is 0. The Kier molecular flexibility index (Phi) is 3.84. The third kappa shape index (κ3) is 2.74. The van der Waals surface area contributed by atoms with Crippen LogP contribution in [0.15, 0.2) is 0 Å². The van der Waals surface area contributed by atoms with E-state index in [0.717, 1.165) is 25.9 Å². The van der Waals surface area contributed by atoms with Crippen molar-refractivity contribution in [2.45, 2.75) is 25.3 Å². The number of hydrogen-bond acceptors (Lipinski definition) is 5. The first-order valence-electron chi connectivity index (χ1n) is 5.87. The van der Waals surface area contributed by atoms with E-state index in [0.29, 0.717) is 18.3 Å². The number of sulfone groups is 1. The van der Waals surface area contributed by atoms with Crippen LogP contribution < -0.4 is 11.3 Å². The van der Waals surface area contributed by atoms with Crippen LogP contribution in [-0.2, 0) is 14.6 Å². The van der Waals surface area contributed by atoms with Gasteiger partial charge in [-0.2, -0.15) is 0 Å². The number of hydrazine groups is 1. The van der Waals surface area contributed by atoms with Crippen molar-refractivity contribution in [3.63, 3.8) is 0 Å². The van der Waals surface area contributed by atoms with Crippen LogP contribution in [0.3, 0.4) is 0 Å². The molecule has 2 heterocycles. The van der Waals surface area contributed by atoms with Gasteiger partial charge in [-0.25, -0.2) is 8.42 Å². The molecule has 0 aromatic heterocycles. The Bertz CT molecular complexity index is 325.